The molecule has 0 saturated carbocycles. The summed E-state index contributed by atoms with van der Waals surface area (Å²) in [5, 5.41) is 5.79. The molecule has 1 rings (SSSR count). The zero-order valence-electron chi connectivity index (χ0n) is 10.5. The molecule has 1 aromatic rings. The van der Waals surface area contributed by atoms with Crippen LogP contribution in [0.15, 0.2) is 24.3 Å². The van der Waals surface area contributed by atoms with E-state index >= 15 is 0 Å². The predicted octanol–water partition coefficient (Wildman–Crippen LogP) is 0.652. The third-order valence-corrected chi connectivity index (χ3v) is 2.45. The SMILES string of the molecule is CNCCCC(=O)Nc1ccc(CC(N)=O)cc1. The Morgan fingerprint density at radius 1 is 1.22 bits per heavy atom. The predicted molar refractivity (Wildman–Crippen MR) is 71.1 cm³/mol. The quantitative estimate of drug-likeness (QED) is 0.620. The Bertz CT molecular complexity index is 401. The molecule has 4 N–H and O–H groups in total. The number of hydrogen-bond donors (Lipinski definition) is 3. The molecule has 5 heteroatoms. The number of amides is 2. The monoisotopic (exact) mass is 249 g/mol. The van der Waals surface area contributed by atoms with Crippen LogP contribution in [0.1, 0.15) is 18.4 Å². The van der Waals surface area contributed by atoms with Crippen LogP contribution in [-0.2, 0) is 16.0 Å². The number of anilines is 1. The fraction of sp³-hybridized carbons (Fsp3) is 0.385. The van der Waals surface area contributed by atoms with Crippen molar-refractivity contribution in [3.63, 3.8) is 0 Å². The zero-order valence-corrected chi connectivity index (χ0v) is 10.5. The molecule has 0 saturated heterocycles. The summed E-state index contributed by atoms with van der Waals surface area (Å²) in [5.74, 6) is -0.369. The fourth-order valence-electron chi connectivity index (χ4n) is 1.56. The maximum atomic E-state index is 11.5. The molecule has 2 amide bonds. The normalized spacial score (nSPS) is 10.1. The van der Waals surface area contributed by atoms with Crippen molar-refractivity contribution in [1.29, 1.82) is 0 Å². The van der Waals surface area contributed by atoms with Gasteiger partial charge >= 0.3 is 0 Å². The van der Waals surface area contributed by atoms with Gasteiger partial charge in [0, 0.05) is 12.1 Å². The van der Waals surface area contributed by atoms with Crippen molar-refractivity contribution in [2.24, 2.45) is 5.73 Å². The van der Waals surface area contributed by atoms with Crippen molar-refractivity contribution in [2.75, 3.05) is 18.9 Å². The second-order valence-corrected chi connectivity index (χ2v) is 4.10. The van der Waals surface area contributed by atoms with Gasteiger partial charge in [-0.3, -0.25) is 9.59 Å². The van der Waals surface area contributed by atoms with Gasteiger partial charge in [-0.05, 0) is 37.7 Å². The Balaban J connectivity index is 2.43. The molecule has 0 spiro atoms. The Labute approximate surface area is 107 Å². The van der Waals surface area contributed by atoms with E-state index in [2.05, 4.69) is 10.6 Å². The number of carbonyl (C=O) groups is 2. The van der Waals surface area contributed by atoms with Gasteiger partial charge < -0.3 is 16.4 Å². The Kier molecular flexibility index (Phi) is 5.87. The third-order valence-electron chi connectivity index (χ3n) is 2.45. The molecular formula is C13H19N3O2. The van der Waals surface area contributed by atoms with Crippen molar-refractivity contribution in [1.82, 2.24) is 5.32 Å². The zero-order chi connectivity index (χ0) is 13.4. The Morgan fingerprint density at radius 3 is 2.44 bits per heavy atom. The molecule has 0 aliphatic carbocycles. The number of rotatable bonds is 7. The molecule has 0 atom stereocenters. The van der Waals surface area contributed by atoms with Crippen molar-refractivity contribution in [3.05, 3.63) is 29.8 Å². The summed E-state index contributed by atoms with van der Waals surface area (Å²) in [7, 11) is 1.86. The lowest BCUT2D eigenvalue weighted by Crippen LogP contribution is -2.15. The van der Waals surface area contributed by atoms with E-state index in [-0.39, 0.29) is 18.2 Å². The van der Waals surface area contributed by atoms with E-state index in [1.807, 2.05) is 7.05 Å². The minimum Gasteiger partial charge on any atom is -0.369 e. The molecule has 1 aromatic carbocycles. The lowest BCUT2D eigenvalue weighted by atomic mass is 10.1. The van der Waals surface area contributed by atoms with Gasteiger partial charge in [-0.25, -0.2) is 0 Å². The number of nitrogens with two attached hydrogens (primary N) is 1. The van der Waals surface area contributed by atoms with Gasteiger partial charge in [0.15, 0.2) is 0 Å². The number of nitrogens with one attached hydrogen (secondary N) is 2. The maximum Gasteiger partial charge on any atom is 0.224 e. The largest absolute Gasteiger partial charge is 0.369 e. The van der Waals surface area contributed by atoms with Crippen molar-refractivity contribution in [3.8, 4) is 0 Å². The molecule has 0 fully saturated rings. The van der Waals surface area contributed by atoms with Crippen LogP contribution in [0.3, 0.4) is 0 Å². The molecule has 0 radical (unpaired) electrons. The van der Waals surface area contributed by atoms with Gasteiger partial charge in [-0.15, -0.1) is 0 Å². The Hall–Kier alpha value is -1.88. The first-order chi connectivity index (χ1) is 8.61. The van der Waals surface area contributed by atoms with Gasteiger partial charge in [0.2, 0.25) is 11.8 Å². The molecule has 0 aromatic heterocycles. The lowest BCUT2D eigenvalue weighted by Gasteiger charge is -2.06. The highest BCUT2D eigenvalue weighted by molar-refractivity contribution is 5.90. The average Bonchev–Trinajstić information content (AvgIpc) is 2.31. The van der Waals surface area contributed by atoms with E-state index in [0.29, 0.717) is 6.42 Å². The molecule has 0 unspecified atom stereocenters. The van der Waals surface area contributed by atoms with Crippen LogP contribution in [0.2, 0.25) is 0 Å². The van der Waals surface area contributed by atoms with E-state index in [9.17, 15) is 9.59 Å². The molecule has 98 valence electrons. The summed E-state index contributed by atoms with van der Waals surface area (Å²) in [5.41, 5.74) is 6.67. The van der Waals surface area contributed by atoms with Crippen LogP contribution < -0.4 is 16.4 Å². The molecule has 0 aliphatic heterocycles. The summed E-state index contributed by atoms with van der Waals surface area (Å²) in [6.45, 7) is 0.824. The molecule has 0 heterocycles. The van der Waals surface area contributed by atoms with Gasteiger partial charge in [-0.1, -0.05) is 12.1 Å². The van der Waals surface area contributed by atoms with Crippen LogP contribution in [-0.4, -0.2) is 25.4 Å². The second kappa shape index (κ2) is 7.45. The molecule has 18 heavy (non-hydrogen) atoms. The minimum atomic E-state index is -0.362. The molecular weight excluding hydrogens is 230 g/mol. The van der Waals surface area contributed by atoms with Crippen LogP contribution in [0.5, 0.6) is 0 Å². The van der Waals surface area contributed by atoms with Crippen molar-refractivity contribution >= 4 is 17.5 Å². The number of benzene rings is 1. The summed E-state index contributed by atoms with van der Waals surface area (Å²) < 4.78 is 0. The highest BCUT2D eigenvalue weighted by atomic mass is 16.1. The van der Waals surface area contributed by atoms with Crippen LogP contribution in [0.4, 0.5) is 5.69 Å². The Morgan fingerprint density at radius 2 is 1.89 bits per heavy atom. The molecule has 0 bridgehead atoms. The summed E-state index contributed by atoms with van der Waals surface area (Å²) in [6.07, 6.45) is 1.52. The van der Waals surface area contributed by atoms with Crippen molar-refractivity contribution in [2.45, 2.75) is 19.3 Å². The van der Waals surface area contributed by atoms with Gasteiger partial charge in [0.05, 0.1) is 6.42 Å². The van der Waals surface area contributed by atoms with E-state index in [0.717, 1.165) is 24.2 Å². The standard InChI is InChI=1S/C13H19N3O2/c1-15-8-2-3-13(18)16-11-6-4-10(5-7-11)9-12(14)17/h4-7,15H,2-3,8-9H2,1H3,(H2,14,17)(H,16,18). The number of primary amides is 1. The number of carbonyl (C=O) groups excluding carboxylic acids is 2. The first-order valence-corrected chi connectivity index (χ1v) is 5.93. The first-order valence-electron chi connectivity index (χ1n) is 5.93. The molecule has 0 aliphatic rings. The topological polar surface area (TPSA) is 84.2 Å². The van der Waals surface area contributed by atoms with Crippen LogP contribution in [0, 0.1) is 0 Å². The number of hydrogen-bond acceptors (Lipinski definition) is 3. The second-order valence-electron chi connectivity index (χ2n) is 4.10. The van der Waals surface area contributed by atoms with Gasteiger partial charge in [0.1, 0.15) is 0 Å². The lowest BCUT2D eigenvalue weighted by molar-refractivity contribution is -0.117. The molecule has 5 nitrogen and oxygen atoms in total. The first kappa shape index (κ1) is 14.2. The summed E-state index contributed by atoms with van der Waals surface area (Å²) in [4.78, 5) is 22.3. The van der Waals surface area contributed by atoms with Gasteiger partial charge in [0.25, 0.3) is 0 Å². The smallest absolute Gasteiger partial charge is 0.224 e. The highest BCUT2D eigenvalue weighted by Crippen LogP contribution is 2.10. The van der Waals surface area contributed by atoms with Crippen molar-refractivity contribution < 1.29 is 9.59 Å². The highest BCUT2D eigenvalue weighted by Gasteiger charge is 2.03. The average molecular weight is 249 g/mol. The maximum absolute atomic E-state index is 11.5. The summed E-state index contributed by atoms with van der Waals surface area (Å²) in [6, 6.07) is 7.12. The fourth-order valence-corrected chi connectivity index (χ4v) is 1.56. The third kappa shape index (κ3) is 5.45. The van der Waals surface area contributed by atoms with Gasteiger partial charge in [-0.2, -0.15) is 0 Å². The van der Waals surface area contributed by atoms with E-state index in [1.54, 1.807) is 24.3 Å². The summed E-state index contributed by atoms with van der Waals surface area (Å²) >= 11 is 0. The minimum absolute atomic E-state index is 0.00657. The van der Waals surface area contributed by atoms with E-state index in [1.165, 1.54) is 0 Å². The van der Waals surface area contributed by atoms with E-state index in [4.69, 9.17) is 5.73 Å². The van der Waals surface area contributed by atoms with Crippen LogP contribution in [0.25, 0.3) is 0 Å². The van der Waals surface area contributed by atoms with Crippen LogP contribution >= 0.6 is 0 Å². The van der Waals surface area contributed by atoms with E-state index < -0.39 is 0 Å².